The first-order chi connectivity index (χ1) is 25.3. The Morgan fingerprint density at radius 1 is 0.569 bits per heavy atom. The third-order valence-corrected chi connectivity index (χ3v) is 14.8. The molecule has 6 aromatic carbocycles. The molecule has 1 spiro atoms. The molecule has 6 aliphatic rings. The van der Waals surface area contributed by atoms with Gasteiger partial charge in [0.1, 0.15) is 0 Å². The second-order valence-corrected chi connectivity index (χ2v) is 16.7. The van der Waals surface area contributed by atoms with Crippen LogP contribution in [-0.4, -0.2) is 20.4 Å². The molecule has 2 aliphatic carbocycles. The first-order valence-electron chi connectivity index (χ1n) is 17.9. The summed E-state index contributed by atoms with van der Waals surface area (Å²) in [6, 6.07) is 57.5. The van der Waals surface area contributed by atoms with Crippen LogP contribution in [0.4, 0.5) is 22.7 Å². The van der Waals surface area contributed by atoms with Crippen molar-refractivity contribution in [2.24, 2.45) is 0 Å². The zero-order chi connectivity index (χ0) is 33.3. The number of ether oxygens (including phenoxy) is 1. The first-order valence-corrected chi connectivity index (χ1v) is 20.1. The summed E-state index contributed by atoms with van der Waals surface area (Å²) in [6.07, 6.45) is 3.55. The van der Waals surface area contributed by atoms with Gasteiger partial charge in [0.2, 0.25) is 0 Å². The second kappa shape index (κ2) is 10.4. The summed E-state index contributed by atoms with van der Waals surface area (Å²) in [5.74, 6) is 1.41. The summed E-state index contributed by atoms with van der Waals surface area (Å²) in [5, 5.41) is 0. The number of anilines is 4. The third kappa shape index (κ3) is 3.70. The molecule has 4 heterocycles. The zero-order valence-electron chi connectivity index (χ0n) is 27.7. The van der Waals surface area contributed by atoms with Crippen LogP contribution in [0.3, 0.4) is 0 Å². The van der Waals surface area contributed by atoms with Crippen LogP contribution in [0, 0.1) is 12.1 Å². The van der Waals surface area contributed by atoms with Crippen LogP contribution in [0.15, 0.2) is 133 Å². The van der Waals surface area contributed by atoms with Crippen LogP contribution < -0.4 is 24.3 Å². The van der Waals surface area contributed by atoms with Crippen LogP contribution in [-0.2, 0) is 29.7 Å². The average Bonchev–Trinajstić information content (AvgIpc) is 3.90. The van der Waals surface area contributed by atoms with E-state index in [0.29, 0.717) is 23.6 Å². The molecule has 6 bridgehead atoms. The van der Waals surface area contributed by atoms with E-state index in [1.54, 1.807) is 0 Å². The van der Waals surface area contributed by atoms with Gasteiger partial charge in [-0.1, -0.05) is 0 Å². The van der Waals surface area contributed by atoms with Crippen molar-refractivity contribution in [1.29, 1.82) is 0 Å². The molecule has 250 valence electrons. The van der Waals surface area contributed by atoms with Gasteiger partial charge < -0.3 is 0 Å². The molecule has 0 radical (unpaired) electrons. The van der Waals surface area contributed by atoms with Gasteiger partial charge >= 0.3 is 307 Å². The molecule has 0 amide bonds. The predicted octanol–water partition coefficient (Wildman–Crippen LogP) is 8.71. The van der Waals surface area contributed by atoms with Crippen molar-refractivity contribution in [2.75, 3.05) is 19.6 Å². The van der Waals surface area contributed by atoms with E-state index in [1.165, 1.54) is 66.1 Å². The molecule has 2 atom stereocenters. The molecular formula is C45H32N4OPt-2. The van der Waals surface area contributed by atoms with Crippen LogP contribution >= 0.6 is 0 Å². The second-order valence-electron chi connectivity index (χ2n) is 14.1. The Morgan fingerprint density at radius 3 is 1.90 bits per heavy atom. The van der Waals surface area contributed by atoms with E-state index in [2.05, 4.69) is 153 Å². The van der Waals surface area contributed by atoms with Gasteiger partial charge in [-0.25, -0.2) is 0 Å². The molecule has 4 aliphatic heterocycles. The minimum atomic E-state index is -0.756. The van der Waals surface area contributed by atoms with Crippen molar-refractivity contribution in [3.8, 4) is 22.6 Å². The number of para-hydroxylation sites is 4. The summed E-state index contributed by atoms with van der Waals surface area (Å²) in [6.45, 7) is 0.734. The summed E-state index contributed by atoms with van der Waals surface area (Å²) in [4.78, 5) is 11.0. The van der Waals surface area contributed by atoms with E-state index in [0.717, 1.165) is 24.1 Å². The SMILES string of the molecule is [c-]1c2cccc1Oc1[c-]c(ccc1)C1(c3ccccc3-c3ccccc31)N1[C]3=[Pt]=[C]4N(C2)c2ccccc2N4C2CCCC2N3c2ccccc21. The van der Waals surface area contributed by atoms with Crippen molar-refractivity contribution in [1.82, 2.24) is 0 Å². The molecule has 6 aromatic rings. The number of rotatable bonds is 0. The van der Waals surface area contributed by atoms with E-state index in [4.69, 9.17) is 4.74 Å². The standard InChI is InChI=1S/C45H32N4O.Pt/c1-3-18-37-35(16-1)36-17-2-4-19-38(36)45(37)32-13-10-15-34(27-32)50-33-14-9-12-31(26-33)28-46-29-47(40-21-6-5-20-39(40)46)41-24-11-25-42(41)48-30-49(45)44-23-8-7-22-43(44)48;/h1-10,12-23,41-42H,11,24-25,28H2;/q-2;. The quantitative estimate of drug-likeness (QED) is 0.143. The molecule has 0 aromatic heterocycles. The topological polar surface area (TPSA) is 22.2 Å². The van der Waals surface area contributed by atoms with Gasteiger partial charge in [0.15, 0.2) is 0 Å². The van der Waals surface area contributed by atoms with E-state index in [1.807, 2.05) is 12.1 Å². The molecule has 6 heteroatoms. The maximum absolute atomic E-state index is 6.68. The van der Waals surface area contributed by atoms with Crippen LogP contribution in [0.25, 0.3) is 11.1 Å². The van der Waals surface area contributed by atoms with Crippen molar-refractivity contribution in [3.63, 3.8) is 0 Å². The fourth-order valence-electron chi connectivity index (χ4n) is 9.68. The van der Waals surface area contributed by atoms with E-state index >= 15 is 0 Å². The van der Waals surface area contributed by atoms with Crippen LogP contribution in [0.2, 0.25) is 0 Å². The van der Waals surface area contributed by atoms with Crippen molar-refractivity contribution in [3.05, 3.63) is 168 Å². The normalized spacial score (nSPS) is 21.2. The number of hydrogen-bond donors (Lipinski definition) is 0. The molecule has 51 heavy (non-hydrogen) atoms. The molecule has 12 rings (SSSR count). The van der Waals surface area contributed by atoms with E-state index in [-0.39, 0.29) is 0 Å². The van der Waals surface area contributed by atoms with Crippen molar-refractivity contribution in [2.45, 2.75) is 43.4 Å². The molecule has 5 nitrogen and oxygen atoms in total. The summed E-state index contributed by atoms with van der Waals surface area (Å²) >= 11 is -0.756. The van der Waals surface area contributed by atoms with Crippen molar-refractivity contribution < 1.29 is 22.4 Å². The number of hydrogen-bond acceptors (Lipinski definition) is 5. The van der Waals surface area contributed by atoms with Gasteiger partial charge in [-0.2, -0.15) is 0 Å². The molecule has 1 fully saturated rings. The van der Waals surface area contributed by atoms with Gasteiger partial charge in [-0.15, -0.1) is 0 Å². The zero-order valence-corrected chi connectivity index (χ0v) is 30.0. The van der Waals surface area contributed by atoms with E-state index < -0.39 is 23.2 Å². The van der Waals surface area contributed by atoms with Gasteiger partial charge in [0.05, 0.1) is 0 Å². The Hall–Kier alpha value is -5.25. The Labute approximate surface area is 305 Å². The number of benzene rings is 6. The Morgan fingerprint density at radius 2 is 1.16 bits per heavy atom. The summed E-state index contributed by atoms with van der Waals surface area (Å²) in [5.41, 5.74) is 11.9. The summed E-state index contributed by atoms with van der Waals surface area (Å²) in [7, 11) is 0. The average molecular weight is 840 g/mol. The maximum atomic E-state index is 6.68. The fourth-order valence-corrected chi connectivity index (χ4v) is 13.7. The fraction of sp³-hybridized carbons (Fsp3) is 0.156. The number of fused-ring (bicyclic) bond motifs is 20. The molecule has 2 unspecified atom stereocenters. The molecular weight excluding hydrogens is 808 g/mol. The minimum absolute atomic E-state index is 0.352. The van der Waals surface area contributed by atoms with E-state index in [9.17, 15) is 0 Å². The summed E-state index contributed by atoms with van der Waals surface area (Å²) < 4.78 is 9.57. The predicted molar refractivity (Wildman–Crippen MR) is 200 cm³/mol. The Balaban J connectivity index is 1.27. The van der Waals surface area contributed by atoms with Crippen LogP contribution in [0.1, 0.15) is 41.5 Å². The first kappa shape index (κ1) is 28.4. The monoisotopic (exact) mass is 839 g/mol. The molecule has 0 saturated heterocycles. The van der Waals surface area contributed by atoms with Gasteiger partial charge in [0, 0.05) is 0 Å². The van der Waals surface area contributed by atoms with Gasteiger partial charge in [0.25, 0.3) is 0 Å². The Bertz CT molecular complexity index is 2490. The van der Waals surface area contributed by atoms with Gasteiger partial charge in [-0.3, -0.25) is 0 Å². The van der Waals surface area contributed by atoms with Crippen LogP contribution in [0.5, 0.6) is 11.5 Å². The number of nitrogens with zero attached hydrogens (tertiary/aromatic N) is 4. The molecule has 1 saturated carbocycles. The van der Waals surface area contributed by atoms with Gasteiger partial charge in [-0.05, 0) is 0 Å². The molecule has 0 N–H and O–H groups in total. The van der Waals surface area contributed by atoms with Crippen molar-refractivity contribution >= 4 is 31.0 Å². The third-order valence-electron chi connectivity index (χ3n) is 11.6. The Kier molecular flexibility index (Phi) is 5.80.